The first-order valence-electron chi connectivity index (χ1n) is 9.54. The molecule has 3 rings (SSSR count). The lowest BCUT2D eigenvalue weighted by molar-refractivity contribution is 0.351. The smallest absolute Gasteiger partial charge is 0.0114 e. The monoisotopic (exact) mass is 308 g/mol. The summed E-state index contributed by atoms with van der Waals surface area (Å²) in [5.41, 5.74) is 4.63. The molecule has 0 N–H and O–H groups in total. The highest BCUT2D eigenvalue weighted by atomic mass is 14.3. The van der Waals surface area contributed by atoms with E-state index in [2.05, 4.69) is 65.0 Å². The molecule has 0 heteroatoms. The van der Waals surface area contributed by atoms with Crippen LogP contribution < -0.4 is 0 Å². The molecular weight excluding hydrogens is 276 g/mol. The van der Waals surface area contributed by atoms with Gasteiger partial charge in [-0.1, -0.05) is 70.0 Å². The van der Waals surface area contributed by atoms with Crippen molar-refractivity contribution in [2.75, 3.05) is 0 Å². The Hall–Kier alpha value is -1.30. The summed E-state index contributed by atoms with van der Waals surface area (Å²) in [6.07, 6.45) is 5.37. The maximum Gasteiger partial charge on any atom is -0.0114 e. The van der Waals surface area contributed by atoms with Crippen LogP contribution in [-0.4, -0.2) is 0 Å². The van der Waals surface area contributed by atoms with E-state index >= 15 is 0 Å². The van der Waals surface area contributed by atoms with E-state index in [4.69, 9.17) is 0 Å². The predicted molar refractivity (Wildman–Crippen MR) is 102 cm³/mol. The molecule has 0 nitrogen and oxygen atoms in total. The first kappa shape index (κ1) is 16.6. The summed E-state index contributed by atoms with van der Waals surface area (Å²) in [4.78, 5) is 0. The van der Waals surface area contributed by atoms with Crippen molar-refractivity contribution in [1.82, 2.24) is 0 Å². The molecular formula is C23H32. The third-order valence-electron chi connectivity index (χ3n) is 5.70. The van der Waals surface area contributed by atoms with Gasteiger partial charge in [-0.3, -0.25) is 0 Å². The second kappa shape index (κ2) is 6.67. The zero-order valence-corrected chi connectivity index (χ0v) is 15.5. The van der Waals surface area contributed by atoms with Gasteiger partial charge in [-0.25, -0.2) is 0 Å². The van der Waals surface area contributed by atoms with Crippen LogP contribution in [-0.2, 0) is 0 Å². The van der Waals surface area contributed by atoms with Crippen LogP contribution >= 0.6 is 0 Å². The Morgan fingerprint density at radius 2 is 1.83 bits per heavy atom. The largest absolute Gasteiger partial charge is 0.0651 e. The molecule has 0 aromatic heterocycles. The molecule has 0 bridgehead atoms. The van der Waals surface area contributed by atoms with E-state index in [9.17, 15) is 0 Å². The fourth-order valence-corrected chi connectivity index (χ4v) is 4.32. The van der Waals surface area contributed by atoms with Crippen molar-refractivity contribution < 1.29 is 0 Å². The standard InChI is InChI=1S/C23H32/c1-6-18(12-15(2)3)17(5)22-14-16(4)13-20-8-7-9-21(23(20)22)19-10-11-19/h7-9,13-15,17-19H,6,10-12H2,1-5H3/t17?,18-/m1/s1. The summed E-state index contributed by atoms with van der Waals surface area (Å²) >= 11 is 0. The van der Waals surface area contributed by atoms with Crippen LogP contribution in [0.15, 0.2) is 30.3 Å². The number of fused-ring (bicyclic) bond motifs is 1. The van der Waals surface area contributed by atoms with Gasteiger partial charge in [0.05, 0.1) is 0 Å². The van der Waals surface area contributed by atoms with Gasteiger partial charge < -0.3 is 0 Å². The lowest BCUT2D eigenvalue weighted by Gasteiger charge is -2.27. The Morgan fingerprint density at radius 1 is 1.09 bits per heavy atom. The SMILES string of the molecule is CC[C@H](CC(C)C)C(C)c1cc(C)cc2cccc(C3CC3)c12. The van der Waals surface area contributed by atoms with Gasteiger partial charge in [0.2, 0.25) is 0 Å². The topological polar surface area (TPSA) is 0 Å². The lowest BCUT2D eigenvalue weighted by Crippen LogP contribution is -2.13. The van der Waals surface area contributed by atoms with E-state index in [1.54, 1.807) is 16.5 Å². The lowest BCUT2D eigenvalue weighted by atomic mass is 9.78. The first-order chi connectivity index (χ1) is 11.0. The molecule has 0 saturated heterocycles. The number of rotatable bonds is 6. The van der Waals surface area contributed by atoms with E-state index in [1.807, 2.05) is 0 Å². The van der Waals surface area contributed by atoms with Crippen molar-refractivity contribution in [2.24, 2.45) is 11.8 Å². The molecule has 0 aliphatic heterocycles. The molecule has 23 heavy (non-hydrogen) atoms. The highest BCUT2D eigenvalue weighted by Crippen LogP contribution is 2.46. The van der Waals surface area contributed by atoms with Crippen LogP contribution in [0.3, 0.4) is 0 Å². The van der Waals surface area contributed by atoms with Crippen LogP contribution in [0.2, 0.25) is 0 Å². The van der Waals surface area contributed by atoms with Crippen molar-refractivity contribution >= 4 is 10.8 Å². The molecule has 2 aromatic carbocycles. The molecule has 1 fully saturated rings. The Labute approximate surface area is 142 Å². The Balaban J connectivity index is 2.11. The second-order valence-corrected chi connectivity index (χ2v) is 8.16. The number of hydrogen-bond donors (Lipinski definition) is 0. The van der Waals surface area contributed by atoms with Crippen molar-refractivity contribution in [3.05, 3.63) is 47.0 Å². The third-order valence-corrected chi connectivity index (χ3v) is 5.70. The minimum Gasteiger partial charge on any atom is -0.0651 e. The van der Waals surface area contributed by atoms with Crippen molar-refractivity contribution in [2.45, 2.75) is 72.1 Å². The van der Waals surface area contributed by atoms with E-state index in [1.165, 1.54) is 36.6 Å². The summed E-state index contributed by atoms with van der Waals surface area (Å²) in [5, 5.41) is 3.03. The quantitative estimate of drug-likeness (QED) is 0.529. The molecule has 0 heterocycles. The summed E-state index contributed by atoms with van der Waals surface area (Å²) in [6, 6.07) is 11.8. The number of benzene rings is 2. The minimum absolute atomic E-state index is 0.643. The maximum absolute atomic E-state index is 2.47. The van der Waals surface area contributed by atoms with E-state index in [0.29, 0.717) is 5.92 Å². The summed E-state index contributed by atoms with van der Waals surface area (Å²) < 4.78 is 0. The molecule has 2 aromatic rings. The van der Waals surface area contributed by atoms with Gasteiger partial charge in [-0.15, -0.1) is 0 Å². The molecule has 124 valence electrons. The van der Waals surface area contributed by atoms with Crippen molar-refractivity contribution in [3.63, 3.8) is 0 Å². The Morgan fingerprint density at radius 3 is 2.43 bits per heavy atom. The molecule has 1 aliphatic rings. The molecule has 2 atom stereocenters. The molecule has 0 spiro atoms. The van der Waals surface area contributed by atoms with Gasteiger partial charge in [-0.2, -0.15) is 0 Å². The average molecular weight is 309 g/mol. The van der Waals surface area contributed by atoms with Crippen molar-refractivity contribution in [3.8, 4) is 0 Å². The van der Waals surface area contributed by atoms with Gasteiger partial charge in [0.15, 0.2) is 0 Å². The van der Waals surface area contributed by atoms with Crippen LogP contribution in [0.4, 0.5) is 0 Å². The highest BCUT2D eigenvalue weighted by Gasteiger charge is 2.28. The van der Waals surface area contributed by atoms with Crippen LogP contribution in [0.1, 0.15) is 81.9 Å². The van der Waals surface area contributed by atoms with E-state index in [0.717, 1.165) is 17.8 Å². The molecule has 1 unspecified atom stereocenters. The zero-order valence-electron chi connectivity index (χ0n) is 15.5. The molecule has 0 radical (unpaired) electrons. The van der Waals surface area contributed by atoms with Crippen LogP contribution in [0.25, 0.3) is 10.8 Å². The summed E-state index contributed by atoms with van der Waals surface area (Å²) in [7, 11) is 0. The first-order valence-corrected chi connectivity index (χ1v) is 9.54. The molecule has 1 saturated carbocycles. The molecule has 0 amide bonds. The molecule has 1 aliphatic carbocycles. The maximum atomic E-state index is 2.47. The van der Waals surface area contributed by atoms with Gasteiger partial charge in [0.25, 0.3) is 0 Å². The normalized spacial score (nSPS) is 17.7. The van der Waals surface area contributed by atoms with Gasteiger partial charge in [-0.05, 0) is 71.8 Å². The fourth-order valence-electron chi connectivity index (χ4n) is 4.32. The predicted octanol–water partition coefficient (Wildman–Crippen LogP) is 7.20. The van der Waals surface area contributed by atoms with Gasteiger partial charge >= 0.3 is 0 Å². The zero-order chi connectivity index (χ0) is 16.6. The third kappa shape index (κ3) is 3.47. The van der Waals surface area contributed by atoms with Gasteiger partial charge in [0, 0.05) is 0 Å². The van der Waals surface area contributed by atoms with Gasteiger partial charge in [0.1, 0.15) is 0 Å². The fraction of sp³-hybridized carbons (Fsp3) is 0.565. The number of aryl methyl sites for hydroxylation is 1. The average Bonchev–Trinajstić information content (AvgIpc) is 3.34. The Kier molecular flexibility index (Phi) is 4.80. The number of hydrogen-bond acceptors (Lipinski definition) is 0. The minimum atomic E-state index is 0.643. The van der Waals surface area contributed by atoms with E-state index < -0.39 is 0 Å². The summed E-state index contributed by atoms with van der Waals surface area (Å²) in [6.45, 7) is 11.8. The Bertz CT molecular complexity index is 676. The highest BCUT2D eigenvalue weighted by molar-refractivity contribution is 5.90. The second-order valence-electron chi connectivity index (χ2n) is 8.16. The van der Waals surface area contributed by atoms with Crippen LogP contribution in [0, 0.1) is 18.8 Å². The summed E-state index contributed by atoms with van der Waals surface area (Å²) in [5.74, 6) is 3.02. The van der Waals surface area contributed by atoms with Crippen molar-refractivity contribution in [1.29, 1.82) is 0 Å². The van der Waals surface area contributed by atoms with E-state index in [-0.39, 0.29) is 0 Å². The van der Waals surface area contributed by atoms with Crippen LogP contribution in [0.5, 0.6) is 0 Å².